The predicted octanol–water partition coefficient (Wildman–Crippen LogP) is 2.56. The van der Waals surface area contributed by atoms with Gasteiger partial charge < -0.3 is 10.5 Å². The van der Waals surface area contributed by atoms with Crippen LogP contribution in [0, 0.1) is 17.0 Å². The molecule has 1 aliphatic rings. The molecule has 0 aromatic heterocycles. The first-order chi connectivity index (χ1) is 7.32. The molecule has 0 saturated heterocycles. The Balaban J connectivity index is 2.52. The average molecular weight is 227 g/mol. The first-order valence-corrected chi connectivity index (χ1v) is 5.14. The monoisotopic (exact) mass is 227 g/mol. The highest BCUT2D eigenvalue weighted by Crippen LogP contribution is 2.61. The van der Waals surface area contributed by atoms with Crippen LogP contribution in [0.3, 0.4) is 0 Å². The van der Waals surface area contributed by atoms with Crippen molar-refractivity contribution in [3.05, 3.63) is 29.3 Å². The molecule has 1 aliphatic carbocycles. The Hall–Kier alpha value is -1.16. The van der Waals surface area contributed by atoms with Gasteiger partial charge in [0.15, 0.2) is 0 Å². The van der Waals surface area contributed by atoms with Gasteiger partial charge in [0.05, 0.1) is 12.6 Å². The Kier molecular flexibility index (Phi) is 2.24. The van der Waals surface area contributed by atoms with E-state index in [1.165, 1.54) is 19.2 Å². The van der Waals surface area contributed by atoms with E-state index in [0.29, 0.717) is 6.42 Å². The Morgan fingerprint density at radius 1 is 1.25 bits per heavy atom. The third-order valence-corrected chi connectivity index (χ3v) is 3.50. The summed E-state index contributed by atoms with van der Waals surface area (Å²) >= 11 is 0. The molecule has 1 fully saturated rings. The van der Waals surface area contributed by atoms with Crippen molar-refractivity contribution >= 4 is 0 Å². The van der Waals surface area contributed by atoms with Crippen LogP contribution in [-0.4, -0.2) is 7.11 Å². The van der Waals surface area contributed by atoms with E-state index in [-0.39, 0.29) is 16.7 Å². The smallest absolute Gasteiger partial charge is 0.134 e. The summed E-state index contributed by atoms with van der Waals surface area (Å²) in [5, 5.41) is 0. The summed E-state index contributed by atoms with van der Waals surface area (Å²) < 4.78 is 32.3. The minimum atomic E-state index is -0.895. The third kappa shape index (κ3) is 1.40. The van der Waals surface area contributed by atoms with E-state index in [9.17, 15) is 8.78 Å². The van der Waals surface area contributed by atoms with Gasteiger partial charge in [-0.25, -0.2) is 8.78 Å². The standard InChI is InChI=1S/C12H15F2NO/c1-11(2)6-12(11,15)10-8(13)4-7(16-3)5-9(10)14/h4-5H,6,15H2,1-3H3. The summed E-state index contributed by atoms with van der Waals surface area (Å²) in [6.45, 7) is 3.80. The molecular formula is C12H15F2NO. The molecule has 2 rings (SSSR count). The first kappa shape index (κ1) is 11.3. The summed E-state index contributed by atoms with van der Waals surface area (Å²) in [6, 6.07) is 2.34. The molecule has 1 aromatic carbocycles. The fraction of sp³-hybridized carbons (Fsp3) is 0.500. The van der Waals surface area contributed by atoms with E-state index >= 15 is 0 Å². The Morgan fingerprint density at radius 2 is 1.69 bits per heavy atom. The normalized spacial score (nSPS) is 26.6. The zero-order valence-electron chi connectivity index (χ0n) is 9.60. The van der Waals surface area contributed by atoms with Crippen molar-refractivity contribution in [3.63, 3.8) is 0 Å². The maximum atomic E-state index is 13.8. The fourth-order valence-corrected chi connectivity index (χ4v) is 2.17. The molecule has 16 heavy (non-hydrogen) atoms. The molecule has 0 amide bonds. The molecule has 1 unspecified atom stereocenters. The number of hydrogen-bond donors (Lipinski definition) is 1. The lowest BCUT2D eigenvalue weighted by atomic mass is 9.96. The second-order valence-corrected chi connectivity index (χ2v) is 5.00. The average Bonchev–Trinajstić information content (AvgIpc) is 2.64. The maximum absolute atomic E-state index is 13.8. The predicted molar refractivity (Wildman–Crippen MR) is 57.2 cm³/mol. The van der Waals surface area contributed by atoms with Gasteiger partial charge in [0.2, 0.25) is 0 Å². The lowest BCUT2D eigenvalue weighted by Gasteiger charge is -2.17. The van der Waals surface area contributed by atoms with E-state index < -0.39 is 17.2 Å². The van der Waals surface area contributed by atoms with Gasteiger partial charge in [0, 0.05) is 17.7 Å². The molecule has 0 bridgehead atoms. The van der Waals surface area contributed by atoms with Gasteiger partial charge in [0.25, 0.3) is 0 Å². The maximum Gasteiger partial charge on any atom is 0.134 e. The van der Waals surface area contributed by atoms with Crippen molar-refractivity contribution in [2.24, 2.45) is 11.1 Å². The van der Waals surface area contributed by atoms with Gasteiger partial charge in [-0.1, -0.05) is 13.8 Å². The molecule has 2 nitrogen and oxygen atoms in total. The number of halogens is 2. The van der Waals surface area contributed by atoms with Crippen LogP contribution in [0.4, 0.5) is 8.78 Å². The van der Waals surface area contributed by atoms with Gasteiger partial charge in [-0.2, -0.15) is 0 Å². The summed E-state index contributed by atoms with van der Waals surface area (Å²) in [4.78, 5) is 0. The SMILES string of the molecule is COc1cc(F)c(C2(N)CC2(C)C)c(F)c1. The first-order valence-electron chi connectivity index (χ1n) is 5.14. The molecule has 0 aliphatic heterocycles. The van der Waals surface area contributed by atoms with E-state index in [4.69, 9.17) is 10.5 Å². The van der Waals surface area contributed by atoms with Crippen LogP contribution >= 0.6 is 0 Å². The van der Waals surface area contributed by atoms with Crippen molar-refractivity contribution in [1.82, 2.24) is 0 Å². The van der Waals surface area contributed by atoms with Crippen LogP contribution in [0.25, 0.3) is 0 Å². The van der Waals surface area contributed by atoms with Crippen molar-refractivity contribution in [2.45, 2.75) is 25.8 Å². The summed E-state index contributed by atoms with van der Waals surface area (Å²) in [5.74, 6) is -1.10. The van der Waals surface area contributed by atoms with E-state index in [1.54, 1.807) is 0 Å². The number of hydrogen-bond acceptors (Lipinski definition) is 2. The zero-order valence-corrected chi connectivity index (χ0v) is 9.60. The number of nitrogens with two attached hydrogens (primary N) is 1. The Bertz CT molecular complexity index is 422. The molecule has 2 N–H and O–H groups in total. The molecule has 0 radical (unpaired) electrons. The largest absolute Gasteiger partial charge is 0.497 e. The van der Waals surface area contributed by atoms with Crippen molar-refractivity contribution in [3.8, 4) is 5.75 Å². The molecule has 88 valence electrons. The summed E-state index contributed by atoms with van der Waals surface area (Å²) in [5.41, 5.74) is 4.83. The van der Waals surface area contributed by atoms with Crippen LogP contribution in [0.1, 0.15) is 25.8 Å². The Labute approximate surface area is 93.4 Å². The van der Waals surface area contributed by atoms with Crippen LogP contribution in [-0.2, 0) is 5.54 Å². The molecule has 1 atom stereocenters. The van der Waals surface area contributed by atoms with Crippen molar-refractivity contribution in [2.75, 3.05) is 7.11 Å². The lowest BCUT2D eigenvalue weighted by molar-refractivity contribution is 0.398. The summed E-state index contributed by atoms with van der Waals surface area (Å²) in [7, 11) is 1.37. The van der Waals surface area contributed by atoms with Gasteiger partial charge in [0.1, 0.15) is 17.4 Å². The summed E-state index contributed by atoms with van der Waals surface area (Å²) in [6.07, 6.45) is 0.584. The second-order valence-electron chi connectivity index (χ2n) is 5.00. The van der Waals surface area contributed by atoms with Crippen LogP contribution in [0.15, 0.2) is 12.1 Å². The molecule has 0 spiro atoms. The molecule has 1 saturated carbocycles. The molecule has 0 heterocycles. The molecule has 1 aromatic rings. The molecule has 4 heteroatoms. The van der Waals surface area contributed by atoms with E-state index in [1.807, 2.05) is 13.8 Å². The van der Waals surface area contributed by atoms with Crippen LogP contribution in [0.5, 0.6) is 5.75 Å². The number of ether oxygens (including phenoxy) is 1. The lowest BCUT2D eigenvalue weighted by Crippen LogP contribution is -2.28. The Morgan fingerprint density at radius 3 is 2.00 bits per heavy atom. The van der Waals surface area contributed by atoms with Crippen molar-refractivity contribution in [1.29, 1.82) is 0 Å². The second kappa shape index (κ2) is 3.17. The zero-order chi connectivity index (χ0) is 12.1. The van der Waals surface area contributed by atoms with Crippen LogP contribution < -0.4 is 10.5 Å². The quantitative estimate of drug-likeness (QED) is 0.842. The number of rotatable bonds is 2. The minimum Gasteiger partial charge on any atom is -0.497 e. The molecular weight excluding hydrogens is 212 g/mol. The number of benzene rings is 1. The van der Waals surface area contributed by atoms with E-state index in [0.717, 1.165) is 0 Å². The van der Waals surface area contributed by atoms with Crippen LogP contribution in [0.2, 0.25) is 0 Å². The highest BCUT2D eigenvalue weighted by atomic mass is 19.1. The fourth-order valence-electron chi connectivity index (χ4n) is 2.17. The van der Waals surface area contributed by atoms with E-state index in [2.05, 4.69) is 0 Å². The van der Waals surface area contributed by atoms with Gasteiger partial charge in [-0.3, -0.25) is 0 Å². The highest BCUT2D eigenvalue weighted by Gasteiger charge is 2.61. The van der Waals surface area contributed by atoms with Gasteiger partial charge in [-0.15, -0.1) is 0 Å². The third-order valence-electron chi connectivity index (χ3n) is 3.50. The minimum absolute atomic E-state index is 0.0294. The number of methoxy groups -OCH3 is 1. The van der Waals surface area contributed by atoms with Crippen molar-refractivity contribution < 1.29 is 13.5 Å². The topological polar surface area (TPSA) is 35.2 Å². The highest BCUT2D eigenvalue weighted by molar-refractivity contribution is 5.41. The van der Waals surface area contributed by atoms with Gasteiger partial charge >= 0.3 is 0 Å². The van der Waals surface area contributed by atoms with Gasteiger partial charge in [-0.05, 0) is 11.8 Å².